The summed E-state index contributed by atoms with van der Waals surface area (Å²) in [5.41, 5.74) is 8.04. The van der Waals surface area contributed by atoms with E-state index in [2.05, 4.69) is 4.98 Å². The summed E-state index contributed by atoms with van der Waals surface area (Å²) in [4.78, 5) is 4.27. The lowest BCUT2D eigenvalue weighted by atomic mass is 10.1. The first-order valence-corrected chi connectivity index (χ1v) is 9.56. The minimum absolute atomic E-state index is 0.0695. The van der Waals surface area contributed by atoms with Crippen molar-refractivity contribution in [2.75, 3.05) is 23.5 Å². The highest BCUT2D eigenvalue weighted by atomic mass is 32.2. The monoisotopic (exact) mass is 312 g/mol. The highest BCUT2D eigenvalue weighted by molar-refractivity contribution is 7.92. The van der Waals surface area contributed by atoms with Crippen LogP contribution in [0, 0.1) is 0 Å². The molecule has 0 saturated heterocycles. The molecule has 0 fully saturated rings. The largest absolute Gasteiger partial charge is 0.398 e. The molecule has 1 unspecified atom stereocenters. The second-order valence-corrected chi connectivity index (χ2v) is 8.47. The van der Waals surface area contributed by atoms with Crippen LogP contribution in [0.1, 0.15) is 5.56 Å². The van der Waals surface area contributed by atoms with Crippen molar-refractivity contribution in [3.05, 3.63) is 36.0 Å². The highest BCUT2D eigenvalue weighted by Gasteiger charge is 2.11. The van der Waals surface area contributed by atoms with Crippen LogP contribution in [0.4, 0.5) is 5.69 Å². The predicted molar refractivity (Wildman–Crippen MR) is 82.6 cm³/mol. The molecule has 0 spiro atoms. The standard InChI is InChI=1S/C13H16N2O3S2/c1-20(17,18)8-7-19(16)9-10-4-5-12(14)11-3-2-6-15-13(10)11/h2-6H,7-9,14H2,1H3. The van der Waals surface area contributed by atoms with Crippen LogP contribution in [0.5, 0.6) is 0 Å². The molecule has 2 aromatic rings. The number of nitrogens with zero attached hydrogens (tertiary/aromatic N) is 1. The first-order chi connectivity index (χ1) is 9.37. The van der Waals surface area contributed by atoms with Gasteiger partial charge in [-0.15, -0.1) is 0 Å². The Morgan fingerprint density at radius 1 is 1.30 bits per heavy atom. The fourth-order valence-electron chi connectivity index (χ4n) is 1.86. The molecule has 0 aliphatic rings. The Kier molecular flexibility index (Phi) is 4.39. The summed E-state index contributed by atoms with van der Waals surface area (Å²) in [7, 11) is -4.33. The Balaban J connectivity index is 2.22. The van der Waals surface area contributed by atoms with Gasteiger partial charge in [0.15, 0.2) is 0 Å². The van der Waals surface area contributed by atoms with E-state index in [1.807, 2.05) is 6.07 Å². The summed E-state index contributed by atoms with van der Waals surface area (Å²) in [6, 6.07) is 7.21. The second-order valence-electron chi connectivity index (χ2n) is 4.63. The van der Waals surface area contributed by atoms with E-state index in [4.69, 9.17) is 5.73 Å². The first kappa shape index (κ1) is 14.9. The van der Waals surface area contributed by atoms with Crippen molar-refractivity contribution in [2.24, 2.45) is 0 Å². The number of nitrogens with two attached hydrogens (primary N) is 1. The van der Waals surface area contributed by atoms with Crippen LogP contribution in [0.2, 0.25) is 0 Å². The van der Waals surface area contributed by atoms with Crippen molar-refractivity contribution in [2.45, 2.75) is 5.75 Å². The van der Waals surface area contributed by atoms with E-state index in [1.54, 1.807) is 24.4 Å². The molecule has 2 N–H and O–H groups in total. The van der Waals surface area contributed by atoms with Gasteiger partial charge in [-0.2, -0.15) is 0 Å². The lowest BCUT2D eigenvalue weighted by Crippen LogP contribution is -2.13. The van der Waals surface area contributed by atoms with E-state index in [0.717, 1.165) is 22.7 Å². The zero-order valence-corrected chi connectivity index (χ0v) is 12.7. The smallest absolute Gasteiger partial charge is 0.148 e. The quantitative estimate of drug-likeness (QED) is 0.835. The number of nitrogen functional groups attached to an aromatic ring is 1. The molecule has 2 rings (SSSR count). The fraction of sp³-hybridized carbons (Fsp3) is 0.308. The average Bonchev–Trinajstić information content (AvgIpc) is 2.39. The lowest BCUT2D eigenvalue weighted by Gasteiger charge is -2.07. The number of rotatable bonds is 5. The molecule has 1 atom stereocenters. The van der Waals surface area contributed by atoms with Crippen molar-refractivity contribution in [3.8, 4) is 0 Å². The maximum atomic E-state index is 12.0. The van der Waals surface area contributed by atoms with E-state index in [9.17, 15) is 12.6 Å². The van der Waals surface area contributed by atoms with Crippen LogP contribution in [-0.4, -0.2) is 35.4 Å². The lowest BCUT2D eigenvalue weighted by molar-refractivity contribution is 0.602. The van der Waals surface area contributed by atoms with Crippen LogP contribution in [0.15, 0.2) is 30.5 Å². The molecule has 20 heavy (non-hydrogen) atoms. The molecule has 0 saturated carbocycles. The molecule has 0 radical (unpaired) electrons. The van der Waals surface area contributed by atoms with E-state index in [1.165, 1.54) is 0 Å². The molecule has 0 amide bonds. The fourth-order valence-corrected chi connectivity index (χ4v) is 4.54. The Bertz CT molecular complexity index is 757. The van der Waals surface area contributed by atoms with Gasteiger partial charge in [0.25, 0.3) is 0 Å². The van der Waals surface area contributed by atoms with Gasteiger partial charge >= 0.3 is 0 Å². The topological polar surface area (TPSA) is 90.1 Å². The van der Waals surface area contributed by atoms with Crippen molar-refractivity contribution < 1.29 is 12.6 Å². The Hall–Kier alpha value is -1.47. The van der Waals surface area contributed by atoms with Crippen molar-refractivity contribution >= 4 is 37.2 Å². The summed E-state index contributed by atoms with van der Waals surface area (Å²) in [5, 5.41) is 0.824. The predicted octanol–water partition coefficient (Wildman–Crippen LogP) is 1.11. The van der Waals surface area contributed by atoms with Crippen molar-refractivity contribution in [1.29, 1.82) is 0 Å². The minimum atomic E-state index is -3.09. The van der Waals surface area contributed by atoms with E-state index in [0.29, 0.717) is 5.69 Å². The van der Waals surface area contributed by atoms with Gasteiger partial charge in [-0.25, -0.2) is 8.42 Å². The first-order valence-electron chi connectivity index (χ1n) is 6.01. The second kappa shape index (κ2) is 5.88. The Morgan fingerprint density at radius 3 is 2.75 bits per heavy atom. The van der Waals surface area contributed by atoms with Crippen molar-refractivity contribution in [1.82, 2.24) is 4.98 Å². The third-order valence-electron chi connectivity index (χ3n) is 2.89. The normalized spacial score (nSPS) is 13.4. The van der Waals surface area contributed by atoms with Crippen LogP contribution in [0.3, 0.4) is 0 Å². The van der Waals surface area contributed by atoms with Gasteiger partial charge in [0.1, 0.15) is 9.84 Å². The minimum Gasteiger partial charge on any atom is -0.398 e. The summed E-state index contributed by atoms with van der Waals surface area (Å²) < 4.78 is 34.1. The molecule has 108 valence electrons. The number of hydrogen-bond acceptors (Lipinski definition) is 5. The van der Waals surface area contributed by atoms with Gasteiger partial charge in [0, 0.05) is 40.1 Å². The maximum absolute atomic E-state index is 12.0. The maximum Gasteiger partial charge on any atom is 0.148 e. The Labute approximate surface area is 120 Å². The number of anilines is 1. The van der Waals surface area contributed by atoms with Crippen LogP contribution in [0.25, 0.3) is 10.9 Å². The molecule has 0 bridgehead atoms. The van der Waals surface area contributed by atoms with Gasteiger partial charge in [0.05, 0.1) is 17.0 Å². The van der Waals surface area contributed by atoms with Crippen LogP contribution in [-0.2, 0) is 26.4 Å². The SMILES string of the molecule is CS(=O)(=O)CCS(=O)Cc1ccc(N)c2cccnc12. The third-order valence-corrected chi connectivity index (χ3v) is 5.38. The Morgan fingerprint density at radius 2 is 2.05 bits per heavy atom. The number of fused-ring (bicyclic) bond motifs is 1. The summed E-state index contributed by atoms with van der Waals surface area (Å²) in [5.74, 6) is 0.348. The number of pyridine rings is 1. The zero-order valence-electron chi connectivity index (χ0n) is 11.1. The van der Waals surface area contributed by atoms with Crippen LogP contribution < -0.4 is 5.73 Å². The van der Waals surface area contributed by atoms with E-state index >= 15 is 0 Å². The number of benzene rings is 1. The number of sulfone groups is 1. The third kappa shape index (κ3) is 3.77. The van der Waals surface area contributed by atoms with Gasteiger partial charge in [-0.1, -0.05) is 6.07 Å². The van der Waals surface area contributed by atoms with Gasteiger partial charge in [-0.05, 0) is 23.8 Å². The molecule has 5 nitrogen and oxygen atoms in total. The molecule has 1 heterocycles. The summed E-state index contributed by atoms with van der Waals surface area (Å²) in [6.45, 7) is 0. The van der Waals surface area contributed by atoms with E-state index < -0.39 is 20.6 Å². The molecular formula is C13H16N2O3S2. The zero-order chi connectivity index (χ0) is 14.8. The molecule has 1 aromatic carbocycles. The number of aromatic nitrogens is 1. The molecular weight excluding hydrogens is 296 g/mol. The van der Waals surface area contributed by atoms with E-state index in [-0.39, 0.29) is 17.3 Å². The molecule has 1 aromatic heterocycles. The molecule has 0 aliphatic carbocycles. The average molecular weight is 312 g/mol. The molecule has 0 aliphatic heterocycles. The van der Waals surface area contributed by atoms with Gasteiger partial charge < -0.3 is 5.73 Å². The van der Waals surface area contributed by atoms with Gasteiger partial charge in [-0.3, -0.25) is 9.19 Å². The van der Waals surface area contributed by atoms with Crippen molar-refractivity contribution in [3.63, 3.8) is 0 Å². The summed E-state index contributed by atoms with van der Waals surface area (Å²) >= 11 is 0. The summed E-state index contributed by atoms with van der Waals surface area (Å²) in [6.07, 6.45) is 2.80. The van der Waals surface area contributed by atoms with Gasteiger partial charge in [0.2, 0.25) is 0 Å². The highest BCUT2D eigenvalue weighted by Crippen LogP contribution is 2.23. The number of hydrogen-bond donors (Lipinski definition) is 1. The molecule has 7 heteroatoms. The van der Waals surface area contributed by atoms with Crippen LogP contribution >= 0.6 is 0 Å².